The zero-order valence-corrected chi connectivity index (χ0v) is 18.0. The number of carbonyl (C=O) groups excluding carboxylic acids is 1. The molecule has 162 valence electrons. The molecule has 3 aromatic rings. The summed E-state index contributed by atoms with van der Waals surface area (Å²) in [6.07, 6.45) is 0. The van der Waals surface area contributed by atoms with Crippen LogP contribution < -0.4 is 14.4 Å². The van der Waals surface area contributed by atoms with Gasteiger partial charge in [-0.15, -0.1) is 0 Å². The summed E-state index contributed by atoms with van der Waals surface area (Å²) < 4.78 is 46.0. The number of sulfonamides is 1. The molecule has 0 saturated heterocycles. The summed E-state index contributed by atoms with van der Waals surface area (Å²) in [7, 11) is -2.47. The summed E-state index contributed by atoms with van der Waals surface area (Å²) >= 11 is 0. The average molecular weight is 443 g/mol. The number of methoxy groups -OCH3 is 1. The van der Waals surface area contributed by atoms with Crippen LogP contribution in [0.4, 0.5) is 10.1 Å². The number of nitrogens with zero attached hydrogens (tertiary/aromatic N) is 1. The summed E-state index contributed by atoms with van der Waals surface area (Å²) in [5, 5.41) is 2.72. The molecule has 0 aromatic heterocycles. The third-order valence-electron chi connectivity index (χ3n) is 4.66. The van der Waals surface area contributed by atoms with Crippen LogP contribution in [-0.2, 0) is 21.4 Å². The first kappa shape index (κ1) is 22.3. The highest BCUT2D eigenvalue weighted by molar-refractivity contribution is 7.92. The van der Waals surface area contributed by atoms with Gasteiger partial charge in [0.2, 0.25) is 5.91 Å². The van der Waals surface area contributed by atoms with Crippen LogP contribution in [-0.4, -0.2) is 28.0 Å². The normalized spacial score (nSPS) is 11.1. The van der Waals surface area contributed by atoms with Crippen molar-refractivity contribution < 1.29 is 22.3 Å². The van der Waals surface area contributed by atoms with Crippen LogP contribution in [0.3, 0.4) is 0 Å². The topological polar surface area (TPSA) is 75.7 Å². The van der Waals surface area contributed by atoms with Gasteiger partial charge in [-0.2, -0.15) is 0 Å². The second-order valence-electron chi connectivity index (χ2n) is 6.93. The minimum Gasteiger partial charge on any atom is -0.497 e. The first-order valence-corrected chi connectivity index (χ1v) is 11.0. The van der Waals surface area contributed by atoms with Crippen molar-refractivity contribution in [2.24, 2.45) is 0 Å². The molecule has 6 nitrogen and oxygen atoms in total. The van der Waals surface area contributed by atoms with Gasteiger partial charge in [-0.1, -0.05) is 29.8 Å². The van der Waals surface area contributed by atoms with E-state index in [1.165, 1.54) is 24.3 Å². The molecule has 0 aliphatic carbocycles. The van der Waals surface area contributed by atoms with Crippen molar-refractivity contribution >= 4 is 21.6 Å². The van der Waals surface area contributed by atoms with Crippen molar-refractivity contribution in [3.8, 4) is 5.75 Å². The Kier molecular flexibility index (Phi) is 6.91. The van der Waals surface area contributed by atoms with Gasteiger partial charge in [0.05, 0.1) is 17.7 Å². The lowest BCUT2D eigenvalue weighted by Gasteiger charge is -2.24. The molecule has 0 bridgehead atoms. The Labute approximate surface area is 181 Å². The van der Waals surface area contributed by atoms with E-state index in [0.29, 0.717) is 5.75 Å². The highest BCUT2D eigenvalue weighted by atomic mass is 32.2. The molecule has 3 aromatic carbocycles. The summed E-state index contributed by atoms with van der Waals surface area (Å²) in [5.41, 5.74) is 1.94. The van der Waals surface area contributed by atoms with Crippen molar-refractivity contribution in [1.29, 1.82) is 0 Å². The molecule has 0 radical (unpaired) electrons. The number of hydrogen-bond donors (Lipinski definition) is 1. The van der Waals surface area contributed by atoms with E-state index >= 15 is 0 Å². The second-order valence-corrected chi connectivity index (χ2v) is 8.79. The van der Waals surface area contributed by atoms with E-state index in [2.05, 4.69) is 5.32 Å². The number of hydrogen-bond acceptors (Lipinski definition) is 4. The lowest BCUT2D eigenvalue weighted by Crippen LogP contribution is -2.40. The second kappa shape index (κ2) is 9.61. The maximum Gasteiger partial charge on any atom is 0.264 e. The number of ether oxygens (including phenoxy) is 1. The monoisotopic (exact) mass is 442 g/mol. The Balaban J connectivity index is 1.81. The van der Waals surface area contributed by atoms with Gasteiger partial charge in [-0.25, -0.2) is 12.8 Å². The molecule has 31 heavy (non-hydrogen) atoms. The van der Waals surface area contributed by atoms with Crippen molar-refractivity contribution in [1.82, 2.24) is 5.32 Å². The molecule has 0 fully saturated rings. The van der Waals surface area contributed by atoms with Gasteiger partial charge in [0.1, 0.15) is 18.1 Å². The minimum absolute atomic E-state index is 0.0466. The smallest absolute Gasteiger partial charge is 0.264 e. The highest BCUT2D eigenvalue weighted by Gasteiger charge is 2.27. The molecular weight excluding hydrogens is 419 g/mol. The van der Waals surface area contributed by atoms with Gasteiger partial charge in [0.15, 0.2) is 0 Å². The molecule has 0 heterocycles. The summed E-state index contributed by atoms with van der Waals surface area (Å²) in [5.74, 6) is -0.294. The average Bonchev–Trinajstić information content (AvgIpc) is 2.77. The van der Waals surface area contributed by atoms with Crippen molar-refractivity contribution in [3.05, 3.63) is 89.7 Å². The molecule has 0 aliphatic heterocycles. The van der Waals surface area contributed by atoms with Crippen LogP contribution >= 0.6 is 0 Å². The van der Waals surface area contributed by atoms with E-state index < -0.39 is 28.3 Å². The van der Waals surface area contributed by atoms with E-state index in [9.17, 15) is 17.6 Å². The molecule has 0 spiro atoms. The molecule has 8 heteroatoms. The minimum atomic E-state index is -4.04. The van der Waals surface area contributed by atoms with Crippen LogP contribution in [0.15, 0.2) is 77.7 Å². The van der Waals surface area contributed by atoms with Gasteiger partial charge in [-0.05, 0) is 61.0 Å². The predicted molar refractivity (Wildman–Crippen MR) is 117 cm³/mol. The van der Waals surface area contributed by atoms with Crippen molar-refractivity contribution in [3.63, 3.8) is 0 Å². The van der Waals surface area contributed by atoms with Crippen molar-refractivity contribution in [2.45, 2.75) is 18.4 Å². The van der Waals surface area contributed by atoms with Gasteiger partial charge >= 0.3 is 0 Å². The van der Waals surface area contributed by atoms with Crippen LogP contribution in [0.25, 0.3) is 0 Å². The summed E-state index contributed by atoms with van der Waals surface area (Å²) in [4.78, 5) is 12.7. The number of rotatable bonds is 8. The van der Waals surface area contributed by atoms with Crippen LogP contribution in [0.1, 0.15) is 11.1 Å². The standard InChI is InChI=1S/C23H23FN2O4S/c1-17-3-13-22(14-4-17)31(28,29)26(20-9-7-19(24)8-10-20)16-23(27)25-15-18-5-11-21(30-2)12-6-18/h3-14H,15-16H2,1-2H3,(H,25,27). The fraction of sp³-hybridized carbons (Fsp3) is 0.174. The number of anilines is 1. The molecule has 3 rings (SSSR count). The maximum absolute atomic E-state index is 13.4. The Bertz CT molecular complexity index is 1130. The SMILES string of the molecule is COc1ccc(CNC(=O)CN(c2ccc(F)cc2)S(=O)(=O)c2ccc(C)cc2)cc1. The van der Waals surface area contributed by atoms with E-state index in [1.54, 1.807) is 43.5 Å². The number of aryl methyl sites for hydroxylation is 1. The molecule has 0 saturated carbocycles. The molecular formula is C23H23FN2O4S. The number of amides is 1. The predicted octanol–water partition coefficient (Wildman–Crippen LogP) is 3.65. The Morgan fingerprint density at radius 2 is 1.58 bits per heavy atom. The number of halogens is 1. The zero-order chi connectivity index (χ0) is 22.4. The van der Waals surface area contributed by atoms with Gasteiger partial charge in [-0.3, -0.25) is 9.10 Å². The summed E-state index contributed by atoms with van der Waals surface area (Å²) in [6.45, 7) is 1.63. The Morgan fingerprint density at radius 1 is 0.968 bits per heavy atom. The maximum atomic E-state index is 13.4. The quantitative estimate of drug-likeness (QED) is 0.578. The summed E-state index contributed by atoms with van der Waals surface area (Å²) in [6, 6.07) is 18.5. The van der Waals surface area contributed by atoms with Crippen LogP contribution in [0.5, 0.6) is 5.75 Å². The number of carbonyl (C=O) groups is 1. The number of benzene rings is 3. The number of nitrogens with one attached hydrogen (secondary N) is 1. The van der Waals surface area contributed by atoms with E-state index in [-0.39, 0.29) is 17.1 Å². The molecule has 1 N–H and O–H groups in total. The first-order valence-electron chi connectivity index (χ1n) is 9.54. The van der Waals surface area contributed by atoms with Gasteiger partial charge in [0, 0.05) is 6.54 Å². The van der Waals surface area contributed by atoms with Crippen LogP contribution in [0.2, 0.25) is 0 Å². The third kappa shape index (κ3) is 5.61. The molecule has 0 unspecified atom stereocenters. The molecule has 0 aliphatic rings. The molecule has 1 amide bonds. The fourth-order valence-corrected chi connectivity index (χ4v) is 4.31. The fourth-order valence-electron chi connectivity index (χ4n) is 2.89. The van der Waals surface area contributed by atoms with Crippen molar-refractivity contribution in [2.75, 3.05) is 18.0 Å². The zero-order valence-electron chi connectivity index (χ0n) is 17.2. The lowest BCUT2D eigenvalue weighted by atomic mass is 10.2. The van der Waals surface area contributed by atoms with Crippen LogP contribution in [0, 0.1) is 12.7 Å². The van der Waals surface area contributed by atoms with E-state index in [4.69, 9.17) is 4.74 Å². The highest BCUT2D eigenvalue weighted by Crippen LogP contribution is 2.24. The van der Waals surface area contributed by atoms with Gasteiger partial charge in [0.25, 0.3) is 10.0 Å². The third-order valence-corrected chi connectivity index (χ3v) is 6.45. The lowest BCUT2D eigenvalue weighted by molar-refractivity contribution is -0.119. The van der Waals surface area contributed by atoms with E-state index in [1.807, 2.05) is 6.92 Å². The Hall–Kier alpha value is -3.39. The van der Waals surface area contributed by atoms with E-state index in [0.717, 1.165) is 27.6 Å². The largest absolute Gasteiger partial charge is 0.497 e. The first-order chi connectivity index (χ1) is 14.8. The van der Waals surface area contributed by atoms with Gasteiger partial charge < -0.3 is 10.1 Å². The Morgan fingerprint density at radius 3 is 2.16 bits per heavy atom. The molecule has 0 atom stereocenters.